The Balaban J connectivity index is 0.000000239. The molecule has 6 aromatic rings. The molecular weight excluding hydrogens is 721 g/mol. The van der Waals surface area contributed by atoms with E-state index in [1.807, 2.05) is 40.0 Å². The number of para-hydroxylation sites is 1. The fourth-order valence-corrected chi connectivity index (χ4v) is 6.64. The summed E-state index contributed by atoms with van der Waals surface area (Å²) in [6.45, 7) is 15.0. The van der Waals surface area contributed by atoms with Gasteiger partial charge in [0.2, 0.25) is 0 Å². The Morgan fingerprint density at radius 1 is 0.932 bits per heavy atom. The van der Waals surface area contributed by atoms with E-state index < -0.39 is 0 Å². The minimum atomic E-state index is 0. The second kappa shape index (κ2) is 13.8. The Morgan fingerprint density at radius 3 is 2.25 bits per heavy atom. The fourth-order valence-electron chi connectivity index (χ4n) is 6.64. The predicted molar refractivity (Wildman–Crippen MR) is 182 cm³/mol. The number of hydrogen-bond acceptors (Lipinski definition) is 3. The third-order valence-corrected chi connectivity index (χ3v) is 8.86. The number of aliphatic hydroxyl groups is 1. The monoisotopic (exact) mass is 766 g/mol. The van der Waals surface area contributed by atoms with Gasteiger partial charge in [0.15, 0.2) is 5.78 Å². The van der Waals surface area contributed by atoms with Crippen molar-refractivity contribution in [3.05, 3.63) is 84.3 Å². The van der Waals surface area contributed by atoms with Crippen molar-refractivity contribution in [3.8, 4) is 0 Å². The first kappa shape index (κ1) is 33.6. The van der Waals surface area contributed by atoms with E-state index in [2.05, 4.69) is 79.8 Å². The number of benzene rings is 3. The maximum atomic E-state index is 11.7. The van der Waals surface area contributed by atoms with E-state index >= 15 is 0 Å². The molecule has 44 heavy (non-hydrogen) atoms. The summed E-state index contributed by atoms with van der Waals surface area (Å²) in [6, 6.07) is 23.0. The molecule has 0 saturated heterocycles. The third-order valence-electron chi connectivity index (χ3n) is 8.86. The number of hydrogen-bond donors (Lipinski definition) is 1. The first-order valence-electron chi connectivity index (χ1n) is 15.9. The zero-order chi connectivity index (χ0) is 30.9. The minimum absolute atomic E-state index is 0. The summed E-state index contributed by atoms with van der Waals surface area (Å²) in [6.07, 6.45) is 7.88. The van der Waals surface area contributed by atoms with E-state index in [1.54, 1.807) is 0 Å². The van der Waals surface area contributed by atoms with Gasteiger partial charge in [-0.2, -0.15) is 0 Å². The summed E-state index contributed by atoms with van der Waals surface area (Å²) >= 11 is 0. The van der Waals surface area contributed by atoms with E-state index in [0.717, 1.165) is 43.0 Å². The Hall–Kier alpha value is -3.27. The van der Waals surface area contributed by atoms with Crippen LogP contribution in [0, 0.1) is 23.3 Å². The Morgan fingerprint density at radius 2 is 1.59 bits per heavy atom. The standard InChI is InChI=1S/C26H21N2.C13H24O2.Ir/c1-26(2,3)15-17-14-16-12-13-27-24-19-9-5-7-11-21(19)28-20-10-6-4-8-18(20)22(17)25(28)23(16)24;1-5-10(6-2)12(14)9-13(15)11(7-3)8-4;/h4-8,10-14H,15H2,1-3H3;9-11,14H,5-8H2,1-4H3;/q-1;;/b;12-9-;. The van der Waals surface area contributed by atoms with Crippen LogP contribution in [0.3, 0.4) is 0 Å². The Labute approximate surface area is 275 Å². The Bertz CT molecular complexity index is 1920. The molecule has 1 N–H and O–H groups in total. The molecule has 233 valence electrons. The van der Waals surface area contributed by atoms with Crippen molar-refractivity contribution >= 4 is 54.8 Å². The molecule has 0 bridgehead atoms. The van der Waals surface area contributed by atoms with E-state index in [1.165, 1.54) is 49.7 Å². The van der Waals surface area contributed by atoms with Gasteiger partial charge in [-0.15, -0.1) is 29.7 Å². The van der Waals surface area contributed by atoms with Crippen molar-refractivity contribution in [2.75, 3.05) is 0 Å². The Kier molecular flexibility index (Phi) is 10.5. The van der Waals surface area contributed by atoms with Crippen LogP contribution in [0.5, 0.6) is 0 Å². The third kappa shape index (κ3) is 6.28. The smallest absolute Gasteiger partial charge is 0.162 e. The van der Waals surface area contributed by atoms with Crippen LogP contribution in [0.15, 0.2) is 72.6 Å². The van der Waals surface area contributed by atoms with Crippen LogP contribution in [-0.2, 0) is 31.3 Å². The first-order chi connectivity index (χ1) is 20.6. The quantitative estimate of drug-likeness (QED) is 0.0552. The molecule has 0 aliphatic carbocycles. The average molecular weight is 766 g/mol. The summed E-state index contributed by atoms with van der Waals surface area (Å²) in [5, 5.41) is 16.1. The molecule has 0 aliphatic rings. The zero-order valence-corrected chi connectivity index (χ0v) is 29.5. The van der Waals surface area contributed by atoms with Gasteiger partial charge in [0.05, 0.1) is 5.76 Å². The number of nitrogens with zero attached hydrogens (tertiary/aromatic N) is 2. The van der Waals surface area contributed by atoms with Crippen LogP contribution in [0.2, 0.25) is 0 Å². The van der Waals surface area contributed by atoms with E-state index in [9.17, 15) is 9.90 Å². The molecule has 0 atom stereocenters. The average Bonchev–Trinajstić information content (AvgIpc) is 3.34. The molecule has 4 nitrogen and oxygen atoms in total. The molecule has 3 aromatic carbocycles. The predicted octanol–water partition coefficient (Wildman–Crippen LogP) is 10.6. The van der Waals surface area contributed by atoms with E-state index in [4.69, 9.17) is 4.98 Å². The summed E-state index contributed by atoms with van der Waals surface area (Å²) < 4.78 is 2.43. The maximum absolute atomic E-state index is 11.7. The van der Waals surface area contributed by atoms with E-state index in [0.29, 0.717) is 0 Å². The number of rotatable bonds is 8. The molecule has 0 amide bonds. The van der Waals surface area contributed by atoms with Crippen LogP contribution >= 0.6 is 0 Å². The van der Waals surface area contributed by atoms with Gasteiger partial charge in [-0.25, -0.2) is 0 Å². The summed E-state index contributed by atoms with van der Waals surface area (Å²) in [7, 11) is 0. The number of aromatic nitrogens is 2. The van der Waals surface area contributed by atoms with Crippen LogP contribution < -0.4 is 0 Å². The molecule has 0 unspecified atom stereocenters. The largest absolute Gasteiger partial charge is 0.512 e. The van der Waals surface area contributed by atoms with E-state index in [-0.39, 0.29) is 48.9 Å². The van der Waals surface area contributed by atoms with Crippen LogP contribution in [0.1, 0.15) is 79.7 Å². The summed E-state index contributed by atoms with van der Waals surface area (Å²) in [4.78, 5) is 16.5. The van der Waals surface area contributed by atoms with Gasteiger partial charge < -0.3 is 14.5 Å². The summed E-state index contributed by atoms with van der Waals surface area (Å²) in [5.41, 5.74) is 6.43. The second-order valence-electron chi connectivity index (χ2n) is 13.0. The number of ketones is 1. The van der Waals surface area contributed by atoms with Crippen LogP contribution in [0.4, 0.5) is 0 Å². The SMILES string of the molecule is CC(C)(C)Cc1cc2ccnc3c4[c-]cccc4n4c5ccccc5c1c4c23.CCC(CC)C(=O)/C=C(\O)C(CC)CC.[Ir]. The molecule has 0 aliphatic heterocycles. The molecule has 5 heteroatoms. The first-order valence-corrected chi connectivity index (χ1v) is 15.9. The number of carbonyl (C=O) groups excluding carboxylic acids is 1. The zero-order valence-electron chi connectivity index (χ0n) is 27.1. The van der Waals surface area contributed by atoms with Gasteiger partial charge in [0.25, 0.3) is 0 Å². The maximum Gasteiger partial charge on any atom is 0.162 e. The number of allylic oxidation sites excluding steroid dienone is 2. The van der Waals surface area contributed by atoms with Crippen molar-refractivity contribution in [1.29, 1.82) is 0 Å². The van der Waals surface area contributed by atoms with Crippen LogP contribution in [-0.4, -0.2) is 20.3 Å². The van der Waals surface area contributed by atoms with Gasteiger partial charge in [0, 0.05) is 66.0 Å². The van der Waals surface area contributed by atoms with Crippen molar-refractivity contribution < 1.29 is 30.0 Å². The van der Waals surface area contributed by atoms with Gasteiger partial charge in [0.1, 0.15) is 0 Å². The minimum Gasteiger partial charge on any atom is -0.512 e. The topological polar surface area (TPSA) is 54.6 Å². The molecule has 0 saturated carbocycles. The second-order valence-corrected chi connectivity index (χ2v) is 13.0. The van der Waals surface area contributed by atoms with Crippen molar-refractivity contribution in [2.45, 2.75) is 80.6 Å². The fraction of sp³-hybridized carbons (Fsp3) is 0.385. The number of aliphatic hydroxyl groups excluding tert-OH is 1. The van der Waals surface area contributed by atoms with Crippen molar-refractivity contribution in [1.82, 2.24) is 9.38 Å². The van der Waals surface area contributed by atoms with Gasteiger partial charge in [-0.3, -0.25) is 4.79 Å². The molecule has 0 spiro atoms. The molecule has 3 heterocycles. The number of fused-ring (bicyclic) bond motifs is 6. The van der Waals surface area contributed by atoms with Gasteiger partial charge in [-0.1, -0.05) is 72.7 Å². The van der Waals surface area contributed by atoms with Crippen molar-refractivity contribution in [2.24, 2.45) is 17.3 Å². The van der Waals surface area contributed by atoms with Crippen molar-refractivity contribution in [3.63, 3.8) is 0 Å². The number of pyridine rings is 2. The van der Waals surface area contributed by atoms with Gasteiger partial charge in [-0.05, 0) is 77.0 Å². The molecule has 1 radical (unpaired) electrons. The molecular formula is C39H45IrN2O2-. The number of carbonyl (C=O) groups is 1. The van der Waals surface area contributed by atoms with Crippen LogP contribution in [0.25, 0.3) is 49.0 Å². The molecule has 3 aromatic heterocycles. The summed E-state index contributed by atoms with van der Waals surface area (Å²) in [5.74, 6) is 0.547. The molecule has 6 rings (SSSR count). The normalized spacial score (nSPS) is 12.5. The van der Waals surface area contributed by atoms with Gasteiger partial charge >= 0.3 is 0 Å². The molecule has 0 fully saturated rings.